The van der Waals surface area contributed by atoms with Gasteiger partial charge in [-0.05, 0) is 47.0 Å². The fraction of sp³-hybridized carbons (Fsp3) is 0.263. The maximum atomic E-state index is 13.2. The molecule has 1 aromatic carbocycles. The molecule has 27 heavy (non-hydrogen) atoms. The van der Waals surface area contributed by atoms with Crippen LogP contribution in [0.3, 0.4) is 0 Å². The molecule has 1 aliphatic heterocycles. The number of hydrogen-bond acceptors (Lipinski definition) is 5. The van der Waals surface area contributed by atoms with E-state index in [1.54, 1.807) is 23.3 Å². The van der Waals surface area contributed by atoms with Crippen LogP contribution in [0.5, 0.6) is 0 Å². The van der Waals surface area contributed by atoms with Crippen molar-refractivity contribution in [2.75, 3.05) is 18.4 Å². The summed E-state index contributed by atoms with van der Waals surface area (Å²) in [6.45, 7) is 1.37. The molecule has 7 nitrogen and oxygen atoms in total. The highest BCUT2D eigenvalue weighted by atomic mass is 79.9. The van der Waals surface area contributed by atoms with Crippen molar-refractivity contribution in [2.24, 2.45) is 0 Å². The SMILES string of the molecule is O=C(c1ccccc1-n1cccn1)N1CCC[C@H]1CNc1ncc(Br)cn1. The lowest BCUT2D eigenvalue weighted by molar-refractivity contribution is 0.0743. The van der Waals surface area contributed by atoms with Crippen LogP contribution in [0.4, 0.5) is 5.95 Å². The largest absolute Gasteiger partial charge is 0.352 e. The van der Waals surface area contributed by atoms with E-state index in [0.29, 0.717) is 18.1 Å². The second-order valence-corrected chi connectivity index (χ2v) is 7.28. The summed E-state index contributed by atoms with van der Waals surface area (Å²) in [7, 11) is 0. The van der Waals surface area contributed by atoms with Gasteiger partial charge < -0.3 is 10.2 Å². The van der Waals surface area contributed by atoms with E-state index >= 15 is 0 Å². The Morgan fingerprint density at radius 2 is 2.04 bits per heavy atom. The van der Waals surface area contributed by atoms with Crippen LogP contribution < -0.4 is 5.32 Å². The number of amides is 1. The van der Waals surface area contributed by atoms with E-state index in [0.717, 1.165) is 29.5 Å². The second kappa shape index (κ2) is 7.87. The number of aromatic nitrogens is 4. The first-order valence-corrected chi connectivity index (χ1v) is 9.63. The third-order valence-corrected chi connectivity index (χ3v) is 5.05. The van der Waals surface area contributed by atoms with Gasteiger partial charge in [0.05, 0.1) is 15.7 Å². The Kier molecular flexibility index (Phi) is 5.15. The number of carbonyl (C=O) groups is 1. The number of anilines is 1. The number of likely N-dealkylation sites (tertiary alicyclic amines) is 1. The molecule has 0 spiro atoms. The van der Waals surface area contributed by atoms with Gasteiger partial charge in [0.1, 0.15) is 0 Å². The van der Waals surface area contributed by atoms with Gasteiger partial charge in [0.15, 0.2) is 0 Å². The van der Waals surface area contributed by atoms with E-state index in [1.165, 1.54) is 0 Å². The molecule has 1 saturated heterocycles. The lowest BCUT2D eigenvalue weighted by atomic mass is 10.1. The van der Waals surface area contributed by atoms with Gasteiger partial charge in [-0.15, -0.1) is 0 Å². The summed E-state index contributed by atoms with van der Waals surface area (Å²) in [5.41, 5.74) is 1.45. The van der Waals surface area contributed by atoms with Gasteiger partial charge in [0.25, 0.3) is 5.91 Å². The van der Waals surface area contributed by atoms with E-state index in [9.17, 15) is 4.79 Å². The molecular formula is C19H19BrN6O. The molecule has 1 amide bonds. The molecule has 3 heterocycles. The zero-order chi connectivity index (χ0) is 18.6. The topological polar surface area (TPSA) is 75.9 Å². The zero-order valence-electron chi connectivity index (χ0n) is 14.6. The molecule has 2 aromatic heterocycles. The van der Waals surface area contributed by atoms with E-state index in [2.05, 4.69) is 36.3 Å². The molecule has 4 rings (SSSR count). The Morgan fingerprint density at radius 1 is 1.22 bits per heavy atom. The van der Waals surface area contributed by atoms with Crippen LogP contribution in [-0.4, -0.2) is 49.7 Å². The van der Waals surface area contributed by atoms with Crippen molar-refractivity contribution in [1.29, 1.82) is 0 Å². The first kappa shape index (κ1) is 17.7. The standard InChI is InChI=1S/C19H19BrN6O/c20-14-11-21-19(22-12-14)23-13-15-5-3-9-25(15)18(27)16-6-1-2-7-17(16)26-10-4-8-24-26/h1-2,4,6-8,10-12,15H,3,5,9,13H2,(H,21,22,23)/t15-/m0/s1. The van der Waals surface area contributed by atoms with E-state index < -0.39 is 0 Å². The van der Waals surface area contributed by atoms with Crippen LogP contribution in [0.1, 0.15) is 23.2 Å². The van der Waals surface area contributed by atoms with Crippen molar-refractivity contribution < 1.29 is 4.79 Å². The van der Waals surface area contributed by atoms with Gasteiger partial charge in [-0.2, -0.15) is 5.10 Å². The molecule has 0 unspecified atom stereocenters. The molecule has 0 radical (unpaired) electrons. The van der Waals surface area contributed by atoms with Crippen molar-refractivity contribution in [3.8, 4) is 5.69 Å². The number of halogens is 1. The normalized spacial score (nSPS) is 16.5. The average molecular weight is 427 g/mol. The number of nitrogens with zero attached hydrogens (tertiary/aromatic N) is 5. The van der Waals surface area contributed by atoms with E-state index in [4.69, 9.17) is 0 Å². The minimum Gasteiger partial charge on any atom is -0.352 e. The van der Waals surface area contributed by atoms with Crippen molar-refractivity contribution in [3.63, 3.8) is 0 Å². The van der Waals surface area contributed by atoms with Crippen molar-refractivity contribution >= 4 is 27.8 Å². The van der Waals surface area contributed by atoms with Gasteiger partial charge in [0, 0.05) is 43.9 Å². The number of hydrogen-bond donors (Lipinski definition) is 1. The molecule has 138 valence electrons. The molecule has 0 aliphatic carbocycles. The van der Waals surface area contributed by atoms with Crippen molar-refractivity contribution in [2.45, 2.75) is 18.9 Å². The Labute approximate surface area is 165 Å². The molecule has 1 fully saturated rings. The van der Waals surface area contributed by atoms with Crippen LogP contribution in [0.2, 0.25) is 0 Å². The zero-order valence-corrected chi connectivity index (χ0v) is 16.2. The maximum absolute atomic E-state index is 13.2. The summed E-state index contributed by atoms with van der Waals surface area (Å²) in [5, 5.41) is 7.51. The first-order valence-electron chi connectivity index (χ1n) is 8.84. The summed E-state index contributed by atoms with van der Waals surface area (Å²) in [4.78, 5) is 23.6. The van der Waals surface area contributed by atoms with Gasteiger partial charge in [0.2, 0.25) is 5.95 Å². The van der Waals surface area contributed by atoms with Crippen molar-refractivity contribution in [1.82, 2.24) is 24.6 Å². The molecule has 0 bridgehead atoms. The van der Waals surface area contributed by atoms with Gasteiger partial charge in [-0.1, -0.05) is 12.1 Å². The number of rotatable bonds is 5. The van der Waals surface area contributed by atoms with E-state index in [-0.39, 0.29) is 11.9 Å². The molecule has 1 aliphatic rings. The summed E-state index contributed by atoms with van der Waals surface area (Å²) in [6, 6.07) is 9.54. The number of para-hydroxylation sites is 1. The fourth-order valence-electron chi connectivity index (χ4n) is 3.35. The summed E-state index contributed by atoms with van der Waals surface area (Å²) >= 11 is 3.33. The number of carbonyl (C=O) groups excluding carboxylic acids is 1. The predicted molar refractivity (Wildman–Crippen MR) is 106 cm³/mol. The molecule has 0 saturated carbocycles. The third-order valence-electron chi connectivity index (χ3n) is 4.64. The van der Waals surface area contributed by atoms with Gasteiger partial charge in [-0.25, -0.2) is 14.6 Å². The highest BCUT2D eigenvalue weighted by Gasteiger charge is 2.30. The third kappa shape index (κ3) is 3.85. The monoisotopic (exact) mass is 426 g/mol. The Balaban J connectivity index is 1.50. The van der Waals surface area contributed by atoms with Crippen LogP contribution in [0.25, 0.3) is 5.69 Å². The second-order valence-electron chi connectivity index (χ2n) is 6.37. The fourth-order valence-corrected chi connectivity index (χ4v) is 3.55. The van der Waals surface area contributed by atoms with Crippen LogP contribution in [0.15, 0.2) is 59.6 Å². The number of benzene rings is 1. The smallest absolute Gasteiger partial charge is 0.256 e. The summed E-state index contributed by atoms with van der Waals surface area (Å²) in [5.74, 6) is 0.594. The minimum absolute atomic E-state index is 0.0297. The Bertz CT molecular complexity index is 912. The quantitative estimate of drug-likeness (QED) is 0.677. The van der Waals surface area contributed by atoms with E-state index in [1.807, 2.05) is 41.4 Å². The summed E-state index contributed by atoms with van der Waals surface area (Å²) < 4.78 is 2.56. The van der Waals surface area contributed by atoms with Crippen LogP contribution >= 0.6 is 15.9 Å². The Hall–Kier alpha value is -2.74. The maximum Gasteiger partial charge on any atom is 0.256 e. The summed E-state index contributed by atoms with van der Waals surface area (Å²) in [6.07, 6.45) is 8.91. The average Bonchev–Trinajstić information content (AvgIpc) is 3.39. The Morgan fingerprint density at radius 3 is 2.81 bits per heavy atom. The highest BCUT2D eigenvalue weighted by molar-refractivity contribution is 9.10. The predicted octanol–water partition coefficient (Wildman–Crippen LogP) is 3.14. The molecule has 1 N–H and O–H groups in total. The molecule has 3 aromatic rings. The van der Waals surface area contributed by atoms with Gasteiger partial charge in [-0.3, -0.25) is 4.79 Å². The minimum atomic E-state index is 0.0297. The lowest BCUT2D eigenvalue weighted by Gasteiger charge is -2.26. The molecule has 8 heteroatoms. The van der Waals surface area contributed by atoms with Crippen LogP contribution in [-0.2, 0) is 0 Å². The van der Waals surface area contributed by atoms with Crippen molar-refractivity contribution in [3.05, 3.63) is 65.2 Å². The first-order chi connectivity index (χ1) is 13.2. The highest BCUT2D eigenvalue weighted by Crippen LogP contribution is 2.23. The lowest BCUT2D eigenvalue weighted by Crippen LogP contribution is -2.40. The van der Waals surface area contributed by atoms with Crippen LogP contribution in [0, 0.1) is 0 Å². The molecular weight excluding hydrogens is 408 g/mol. The van der Waals surface area contributed by atoms with Gasteiger partial charge >= 0.3 is 0 Å². The number of nitrogens with one attached hydrogen (secondary N) is 1. The molecule has 1 atom stereocenters.